The summed E-state index contributed by atoms with van der Waals surface area (Å²) in [5.74, 6) is 1.26. The predicted octanol–water partition coefficient (Wildman–Crippen LogP) is 2.95. The first-order chi connectivity index (χ1) is 9.08. The van der Waals surface area contributed by atoms with Gasteiger partial charge >= 0.3 is 0 Å². The van der Waals surface area contributed by atoms with E-state index in [1.165, 1.54) is 0 Å². The van der Waals surface area contributed by atoms with Crippen molar-refractivity contribution in [1.82, 2.24) is 9.97 Å². The van der Waals surface area contributed by atoms with E-state index in [1.54, 1.807) is 27.2 Å². The Morgan fingerprint density at radius 3 is 2.63 bits per heavy atom. The van der Waals surface area contributed by atoms with Gasteiger partial charge in [0.15, 0.2) is 0 Å². The van der Waals surface area contributed by atoms with Gasteiger partial charge in [-0.3, -0.25) is 0 Å². The van der Waals surface area contributed by atoms with Crippen molar-refractivity contribution in [3.8, 4) is 23.1 Å². The minimum absolute atomic E-state index is 0.512. The number of benzene rings is 1. The molecule has 0 radical (unpaired) electrons. The van der Waals surface area contributed by atoms with Gasteiger partial charge in [0.25, 0.3) is 0 Å². The van der Waals surface area contributed by atoms with Crippen LogP contribution in [0.1, 0.15) is 19.7 Å². The van der Waals surface area contributed by atoms with Crippen LogP contribution < -0.4 is 4.74 Å². The summed E-state index contributed by atoms with van der Waals surface area (Å²) in [7, 11) is 1.63. The zero-order chi connectivity index (χ0) is 13.9. The van der Waals surface area contributed by atoms with Gasteiger partial charge < -0.3 is 4.74 Å². The minimum atomic E-state index is -0.710. The van der Waals surface area contributed by atoms with Crippen molar-refractivity contribution >= 4 is 0 Å². The summed E-state index contributed by atoms with van der Waals surface area (Å²) in [6, 6.07) is 11.7. The van der Waals surface area contributed by atoms with Gasteiger partial charge in [0.2, 0.25) is 0 Å². The molecule has 0 spiro atoms. The third-order valence-electron chi connectivity index (χ3n) is 2.88. The van der Waals surface area contributed by atoms with E-state index in [4.69, 9.17) is 10.00 Å². The quantitative estimate of drug-likeness (QED) is 0.843. The summed E-state index contributed by atoms with van der Waals surface area (Å²) in [6.07, 6.45) is 1.67. The molecule has 1 heterocycles. The van der Waals surface area contributed by atoms with Crippen molar-refractivity contribution in [2.24, 2.45) is 0 Å². The van der Waals surface area contributed by atoms with Crippen LogP contribution in [0.4, 0.5) is 0 Å². The SMILES string of the molecule is COc1ccccc1-c1ccnc(C(C)(C)C#N)n1. The number of ether oxygens (including phenoxy) is 1. The van der Waals surface area contributed by atoms with Crippen molar-refractivity contribution < 1.29 is 4.74 Å². The molecule has 0 saturated carbocycles. The molecule has 19 heavy (non-hydrogen) atoms. The standard InChI is InChI=1S/C15H15N3O/c1-15(2,10-16)14-17-9-8-12(18-14)11-6-4-5-7-13(11)19-3/h4-9H,1-3H3. The third-order valence-corrected chi connectivity index (χ3v) is 2.88. The Morgan fingerprint density at radius 2 is 1.95 bits per heavy atom. The maximum atomic E-state index is 9.15. The average Bonchev–Trinajstić information content (AvgIpc) is 2.47. The van der Waals surface area contributed by atoms with Gasteiger partial charge in [-0.1, -0.05) is 12.1 Å². The van der Waals surface area contributed by atoms with Gasteiger partial charge in [0, 0.05) is 11.8 Å². The molecule has 4 nitrogen and oxygen atoms in total. The van der Waals surface area contributed by atoms with Crippen LogP contribution in [-0.4, -0.2) is 17.1 Å². The fourth-order valence-corrected chi connectivity index (χ4v) is 1.72. The van der Waals surface area contributed by atoms with E-state index in [0.717, 1.165) is 17.0 Å². The van der Waals surface area contributed by atoms with Crippen molar-refractivity contribution in [2.75, 3.05) is 7.11 Å². The van der Waals surface area contributed by atoms with Crippen molar-refractivity contribution in [1.29, 1.82) is 5.26 Å². The molecule has 0 unspecified atom stereocenters. The van der Waals surface area contributed by atoms with E-state index >= 15 is 0 Å². The smallest absolute Gasteiger partial charge is 0.148 e. The van der Waals surface area contributed by atoms with Crippen LogP contribution >= 0.6 is 0 Å². The molecule has 0 aliphatic heterocycles. The summed E-state index contributed by atoms with van der Waals surface area (Å²) in [5, 5.41) is 9.15. The number of aromatic nitrogens is 2. The number of rotatable bonds is 3. The predicted molar refractivity (Wildman–Crippen MR) is 72.7 cm³/mol. The van der Waals surface area contributed by atoms with Crippen LogP contribution in [-0.2, 0) is 5.41 Å². The first-order valence-electron chi connectivity index (χ1n) is 5.96. The number of nitriles is 1. The first-order valence-corrected chi connectivity index (χ1v) is 5.96. The number of methoxy groups -OCH3 is 1. The molecule has 0 bridgehead atoms. The zero-order valence-corrected chi connectivity index (χ0v) is 11.2. The highest BCUT2D eigenvalue weighted by Gasteiger charge is 2.23. The van der Waals surface area contributed by atoms with Crippen molar-refractivity contribution in [3.63, 3.8) is 0 Å². The highest BCUT2D eigenvalue weighted by atomic mass is 16.5. The van der Waals surface area contributed by atoms with E-state index < -0.39 is 5.41 Å². The van der Waals surface area contributed by atoms with Crippen LogP contribution in [0.15, 0.2) is 36.5 Å². The van der Waals surface area contributed by atoms with Crippen molar-refractivity contribution in [2.45, 2.75) is 19.3 Å². The van der Waals surface area contributed by atoms with Crippen LogP contribution in [0, 0.1) is 11.3 Å². The summed E-state index contributed by atoms with van der Waals surface area (Å²) in [6.45, 7) is 3.60. The van der Waals surface area contributed by atoms with E-state index in [9.17, 15) is 0 Å². The molecule has 0 aliphatic rings. The van der Waals surface area contributed by atoms with Crippen LogP contribution in [0.2, 0.25) is 0 Å². The topological polar surface area (TPSA) is 58.8 Å². The second kappa shape index (κ2) is 5.07. The molecule has 0 atom stereocenters. The summed E-state index contributed by atoms with van der Waals surface area (Å²) in [5.41, 5.74) is 0.936. The lowest BCUT2D eigenvalue weighted by Gasteiger charge is -2.14. The van der Waals surface area contributed by atoms with E-state index in [1.807, 2.05) is 30.3 Å². The lowest BCUT2D eigenvalue weighted by Crippen LogP contribution is -2.18. The highest BCUT2D eigenvalue weighted by molar-refractivity contribution is 5.66. The Bertz CT molecular complexity index is 629. The maximum absolute atomic E-state index is 9.15. The molecule has 2 aromatic rings. The number of para-hydroxylation sites is 1. The fourth-order valence-electron chi connectivity index (χ4n) is 1.72. The second-order valence-corrected chi connectivity index (χ2v) is 4.70. The normalized spacial score (nSPS) is 10.8. The molecule has 0 aliphatic carbocycles. The lowest BCUT2D eigenvalue weighted by molar-refractivity contribution is 0.416. The fraction of sp³-hybridized carbons (Fsp3) is 0.267. The van der Waals surface area contributed by atoms with Gasteiger partial charge in [-0.2, -0.15) is 5.26 Å². The molecular formula is C15H15N3O. The molecule has 0 saturated heterocycles. The Hall–Kier alpha value is -2.41. The molecule has 1 aromatic heterocycles. The molecule has 96 valence electrons. The van der Waals surface area contributed by atoms with Gasteiger partial charge in [0.1, 0.15) is 17.0 Å². The number of nitrogens with zero attached hydrogens (tertiary/aromatic N) is 3. The molecular weight excluding hydrogens is 238 g/mol. The Kier molecular flexibility index (Phi) is 3.48. The molecule has 0 amide bonds. The van der Waals surface area contributed by atoms with E-state index in [-0.39, 0.29) is 0 Å². The Labute approximate surface area is 112 Å². The zero-order valence-electron chi connectivity index (χ0n) is 11.2. The van der Waals surface area contributed by atoms with Gasteiger partial charge in [-0.25, -0.2) is 9.97 Å². The maximum Gasteiger partial charge on any atom is 0.148 e. The lowest BCUT2D eigenvalue weighted by atomic mass is 9.94. The third kappa shape index (κ3) is 2.55. The minimum Gasteiger partial charge on any atom is -0.496 e. The Morgan fingerprint density at radius 1 is 1.21 bits per heavy atom. The first kappa shape index (κ1) is 13.0. The van der Waals surface area contributed by atoms with Gasteiger partial charge in [-0.15, -0.1) is 0 Å². The largest absolute Gasteiger partial charge is 0.496 e. The van der Waals surface area contributed by atoms with Gasteiger partial charge in [0.05, 0.1) is 18.9 Å². The van der Waals surface area contributed by atoms with E-state index in [0.29, 0.717) is 5.82 Å². The van der Waals surface area contributed by atoms with Crippen LogP contribution in [0.3, 0.4) is 0 Å². The van der Waals surface area contributed by atoms with Gasteiger partial charge in [-0.05, 0) is 32.0 Å². The summed E-state index contributed by atoms with van der Waals surface area (Å²) >= 11 is 0. The van der Waals surface area contributed by atoms with Crippen LogP contribution in [0.5, 0.6) is 5.75 Å². The number of hydrogen-bond donors (Lipinski definition) is 0. The second-order valence-electron chi connectivity index (χ2n) is 4.70. The van der Waals surface area contributed by atoms with Crippen molar-refractivity contribution in [3.05, 3.63) is 42.4 Å². The average molecular weight is 253 g/mol. The molecule has 1 aromatic carbocycles. The molecule has 2 rings (SSSR count). The molecule has 4 heteroatoms. The monoisotopic (exact) mass is 253 g/mol. The summed E-state index contributed by atoms with van der Waals surface area (Å²) in [4.78, 5) is 8.67. The highest BCUT2D eigenvalue weighted by Crippen LogP contribution is 2.29. The molecule has 0 N–H and O–H groups in total. The summed E-state index contributed by atoms with van der Waals surface area (Å²) < 4.78 is 5.33. The van der Waals surface area contributed by atoms with E-state index in [2.05, 4.69) is 16.0 Å². The Balaban J connectivity index is 2.53. The number of hydrogen-bond acceptors (Lipinski definition) is 4. The molecule has 0 fully saturated rings. The van der Waals surface area contributed by atoms with Crippen LogP contribution in [0.25, 0.3) is 11.3 Å².